The lowest BCUT2D eigenvalue weighted by Gasteiger charge is -1.91. The summed E-state index contributed by atoms with van der Waals surface area (Å²) in [5, 5.41) is 15.1. The molecule has 7 N–H and O–H groups in total. The molecule has 0 unspecified atom stereocenters. The molecule has 58 valence electrons. The highest BCUT2D eigenvalue weighted by Crippen LogP contribution is 1.48. The first kappa shape index (κ1) is 11.1. The average molecular weight is 148 g/mol. The van der Waals surface area contributed by atoms with Crippen molar-refractivity contribution in [2.45, 2.75) is 0 Å². The molecule has 10 heavy (non-hydrogen) atoms. The SMILES string of the molecule is N=C(N)NC(N)=O.O=CO. The van der Waals surface area contributed by atoms with Crippen LogP contribution in [0.5, 0.6) is 0 Å². The third-order valence-corrected chi connectivity index (χ3v) is 0.258. The monoisotopic (exact) mass is 148 g/mol. The van der Waals surface area contributed by atoms with Gasteiger partial charge in [0.25, 0.3) is 6.47 Å². The van der Waals surface area contributed by atoms with E-state index in [1.165, 1.54) is 0 Å². The first-order valence-electron chi connectivity index (χ1n) is 2.03. The third kappa shape index (κ3) is 34.5. The molecule has 0 radical (unpaired) electrons. The fourth-order valence-electron chi connectivity index (χ4n) is 0.133. The molecule has 7 nitrogen and oxygen atoms in total. The summed E-state index contributed by atoms with van der Waals surface area (Å²) in [5.74, 6) is -0.437. The van der Waals surface area contributed by atoms with E-state index in [1.54, 1.807) is 5.32 Å². The Bertz CT molecular complexity index is 122. The van der Waals surface area contributed by atoms with Crippen molar-refractivity contribution in [1.29, 1.82) is 5.41 Å². The van der Waals surface area contributed by atoms with Crippen LogP contribution in [0.4, 0.5) is 4.79 Å². The lowest BCUT2D eigenvalue weighted by atomic mass is 10.9. The van der Waals surface area contributed by atoms with Gasteiger partial charge in [-0.25, -0.2) is 4.79 Å². The van der Waals surface area contributed by atoms with Crippen LogP contribution >= 0.6 is 0 Å². The van der Waals surface area contributed by atoms with Crippen LogP contribution in [0.15, 0.2) is 0 Å². The van der Waals surface area contributed by atoms with Crippen LogP contribution in [-0.2, 0) is 4.79 Å². The lowest BCUT2D eigenvalue weighted by molar-refractivity contribution is -0.122. The minimum absolute atomic E-state index is 0.250. The Hall–Kier alpha value is -1.79. The smallest absolute Gasteiger partial charge is 0.318 e. The van der Waals surface area contributed by atoms with Crippen molar-refractivity contribution in [2.75, 3.05) is 0 Å². The number of carbonyl (C=O) groups excluding carboxylic acids is 1. The number of nitrogens with one attached hydrogen (secondary N) is 2. The molecular formula is C3H8N4O3. The molecule has 0 aromatic heterocycles. The van der Waals surface area contributed by atoms with E-state index in [2.05, 4.69) is 11.5 Å². The highest BCUT2D eigenvalue weighted by Gasteiger charge is 1.88. The fourth-order valence-corrected chi connectivity index (χ4v) is 0.133. The summed E-state index contributed by atoms with van der Waals surface area (Å²) in [5.41, 5.74) is 9.19. The molecule has 7 heteroatoms. The van der Waals surface area contributed by atoms with Crippen LogP contribution < -0.4 is 16.8 Å². The van der Waals surface area contributed by atoms with Crippen LogP contribution in [0.2, 0.25) is 0 Å². The van der Waals surface area contributed by atoms with E-state index in [-0.39, 0.29) is 6.47 Å². The minimum Gasteiger partial charge on any atom is -0.483 e. The second-order valence-electron chi connectivity index (χ2n) is 1.01. The molecule has 0 spiro atoms. The van der Waals surface area contributed by atoms with E-state index in [0.717, 1.165) is 0 Å². The second-order valence-corrected chi connectivity index (χ2v) is 1.01. The molecule has 0 atom stereocenters. The van der Waals surface area contributed by atoms with Gasteiger partial charge < -0.3 is 16.6 Å². The number of urea groups is 1. The van der Waals surface area contributed by atoms with Gasteiger partial charge in [-0.15, -0.1) is 0 Å². The topological polar surface area (TPSA) is 142 Å². The average Bonchev–Trinajstić information content (AvgIpc) is 1.62. The van der Waals surface area contributed by atoms with E-state index in [9.17, 15) is 4.79 Å². The lowest BCUT2D eigenvalue weighted by Crippen LogP contribution is -2.39. The zero-order chi connectivity index (χ0) is 8.57. The molecule has 2 amide bonds. The predicted molar refractivity (Wildman–Crippen MR) is 33.3 cm³/mol. The van der Waals surface area contributed by atoms with Crippen molar-refractivity contribution < 1.29 is 14.7 Å². The molecule has 0 fully saturated rings. The number of guanidine groups is 1. The number of carboxylic acid groups (broad SMARTS) is 1. The third-order valence-electron chi connectivity index (χ3n) is 0.258. The van der Waals surface area contributed by atoms with Crippen molar-refractivity contribution in [1.82, 2.24) is 5.32 Å². The summed E-state index contributed by atoms with van der Waals surface area (Å²) in [6.07, 6.45) is 0. The summed E-state index contributed by atoms with van der Waals surface area (Å²) >= 11 is 0. The Morgan fingerprint density at radius 3 is 1.90 bits per heavy atom. The Morgan fingerprint density at radius 2 is 1.90 bits per heavy atom. The molecule has 0 saturated heterocycles. The number of nitrogens with two attached hydrogens (primary N) is 2. The molecule has 0 saturated carbocycles. The van der Waals surface area contributed by atoms with Gasteiger partial charge in [0.2, 0.25) is 0 Å². The number of carbonyl (C=O) groups is 2. The fraction of sp³-hybridized carbons (Fsp3) is 0. The predicted octanol–water partition coefficient (Wildman–Crippen LogP) is -1.75. The van der Waals surface area contributed by atoms with Crippen molar-refractivity contribution in [3.8, 4) is 0 Å². The van der Waals surface area contributed by atoms with Crippen LogP contribution in [0, 0.1) is 5.41 Å². The molecule has 0 heterocycles. The largest absolute Gasteiger partial charge is 0.483 e. The van der Waals surface area contributed by atoms with Crippen LogP contribution in [-0.4, -0.2) is 23.6 Å². The van der Waals surface area contributed by atoms with Gasteiger partial charge >= 0.3 is 6.03 Å². The quantitative estimate of drug-likeness (QED) is 0.158. The number of primary amides is 1. The molecular weight excluding hydrogens is 140 g/mol. The molecule has 0 aromatic rings. The Labute approximate surface area is 56.5 Å². The molecule has 0 aliphatic rings. The summed E-state index contributed by atoms with van der Waals surface area (Å²) in [7, 11) is 0. The van der Waals surface area contributed by atoms with Crippen LogP contribution in [0.25, 0.3) is 0 Å². The van der Waals surface area contributed by atoms with Crippen molar-refractivity contribution in [3.63, 3.8) is 0 Å². The number of hydrogen-bond acceptors (Lipinski definition) is 3. The van der Waals surface area contributed by atoms with E-state index in [4.69, 9.17) is 15.3 Å². The van der Waals surface area contributed by atoms with Gasteiger partial charge in [-0.3, -0.25) is 15.5 Å². The maximum atomic E-state index is 9.70. The maximum absolute atomic E-state index is 9.70. The number of hydrogen-bond donors (Lipinski definition) is 5. The number of rotatable bonds is 0. The summed E-state index contributed by atoms with van der Waals surface area (Å²) in [4.78, 5) is 18.1. The first-order chi connectivity index (χ1) is 4.54. The second kappa shape index (κ2) is 7.21. The van der Waals surface area contributed by atoms with Crippen molar-refractivity contribution in [3.05, 3.63) is 0 Å². The van der Waals surface area contributed by atoms with Gasteiger partial charge in [-0.05, 0) is 0 Å². The van der Waals surface area contributed by atoms with E-state index in [1.807, 2.05) is 0 Å². The van der Waals surface area contributed by atoms with Crippen LogP contribution in [0.1, 0.15) is 0 Å². The minimum atomic E-state index is -0.812. The highest BCUT2D eigenvalue weighted by atomic mass is 16.3. The van der Waals surface area contributed by atoms with E-state index in [0.29, 0.717) is 0 Å². The van der Waals surface area contributed by atoms with E-state index >= 15 is 0 Å². The van der Waals surface area contributed by atoms with Gasteiger partial charge in [-0.2, -0.15) is 0 Å². The van der Waals surface area contributed by atoms with Gasteiger partial charge in [0.05, 0.1) is 0 Å². The highest BCUT2D eigenvalue weighted by molar-refractivity contribution is 5.92. The Morgan fingerprint density at radius 1 is 1.60 bits per heavy atom. The molecule has 0 aromatic carbocycles. The van der Waals surface area contributed by atoms with Crippen molar-refractivity contribution in [2.24, 2.45) is 11.5 Å². The summed E-state index contributed by atoms with van der Waals surface area (Å²) < 4.78 is 0. The Balaban J connectivity index is 0. The van der Waals surface area contributed by atoms with Gasteiger partial charge in [0, 0.05) is 0 Å². The zero-order valence-corrected chi connectivity index (χ0v) is 5.00. The molecule has 0 bridgehead atoms. The zero-order valence-electron chi connectivity index (χ0n) is 5.00. The maximum Gasteiger partial charge on any atom is 0.318 e. The normalized spacial score (nSPS) is 6.40. The van der Waals surface area contributed by atoms with Gasteiger partial charge in [0.1, 0.15) is 0 Å². The van der Waals surface area contributed by atoms with Gasteiger partial charge in [0.15, 0.2) is 5.96 Å². The number of amides is 2. The standard InChI is InChI=1S/C2H6N4O.CH2O2/c3-1(4)6-2(5)7;2-1-3/h(H6,3,4,5,6,7);1H,(H,2,3). The molecule has 0 aliphatic carbocycles. The molecule has 0 rings (SSSR count). The summed E-state index contributed by atoms with van der Waals surface area (Å²) in [6.45, 7) is -0.250. The summed E-state index contributed by atoms with van der Waals surface area (Å²) in [6, 6.07) is -0.812. The van der Waals surface area contributed by atoms with Gasteiger partial charge in [-0.1, -0.05) is 0 Å². The Kier molecular flexibility index (Phi) is 7.98. The molecule has 0 aliphatic heterocycles. The van der Waals surface area contributed by atoms with Crippen molar-refractivity contribution >= 4 is 18.5 Å². The first-order valence-corrected chi connectivity index (χ1v) is 2.03. The van der Waals surface area contributed by atoms with Crippen LogP contribution in [0.3, 0.4) is 0 Å². The van der Waals surface area contributed by atoms with E-state index < -0.39 is 12.0 Å².